The van der Waals surface area contributed by atoms with E-state index in [1.54, 1.807) is 6.07 Å². The van der Waals surface area contributed by atoms with E-state index in [1.165, 1.54) is 17.5 Å². The smallest absolute Gasteiger partial charge is 0.272 e. The summed E-state index contributed by atoms with van der Waals surface area (Å²) >= 11 is 0. The van der Waals surface area contributed by atoms with Crippen LogP contribution < -0.4 is 5.32 Å². The molecule has 0 fully saturated rings. The lowest BCUT2D eigenvalue weighted by atomic mass is 10.1. The molecule has 0 aliphatic rings. The Morgan fingerprint density at radius 1 is 1.12 bits per heavy atom. The molecular weight excluding hydrogens is 300 g/mol. The molecule has 2 rings (SSSR count). The van der Waals surface area contributed by atoms with Gasteiger partial charge in [-0.15, -0.1) is 0 Å². The third-order valence-corrected chi connectivity index (χ3v) is 3.88. The molecule has 1 amide bonds. The van der Waals surface area contributed by atoms with Crippen molar-refractivity contribution >= 4 is 11.7 Å². The maximum atomic E-state index is 12.6. The van der Waals surface area contributed by atoms with E-state index >= 15 is 0 Å². The van der Waals surface area contributed by atoms with E-state index < -0.39 is 0 Å². The van der Waals surface area contributed by atoms with Gasteiger partial charge < -0.3 is 10.2 Å². The van der Waals surface area contributed by atoms with Crippen LogP contribution in [-0.4, -0.2) is 33.9 Å². The van der Waals surface area contributed by atoms with Crippen LogP contribution >= 0.6 is 0 Å². The second kappa shape index (κ2) is 9.01. The minimum atomic E-state index is -0.0277. The fourth-order valence-electron chi connectivity index (χ4n) is 2.58. The van der Waals surface area contributed by atoms with Crippen molar-refractivity contribution in [3.8, 4) is 0 Å². The van der Waals surface area contributed by atoms with Crippen LogP contribution in [0.25, 0.3) is 0 Å². The third kappa shape index (κ3) is 4.78. The lowest BCUT2D eigenvalue weighted by Crippen LogP contribution is -2.33. The van der Waals surface area contributed by atoms with Crippen LogP contribution in [0.4, 0.5) is 5.82 Å². The number of nitrogens with one attached hydrogen (secondary N) is 1. The molecule has 0 saturated heterocycles. The molecule has 1 aromatic carbocycles. The summed E-state index contributed by atoms with van der Waals surface area (Å²) in [7, 11) is 0. The number of carbonyl (C=O) groups is 1. The van der Waals surface area contributed by atoms with Gasteiger partial charge in [0, 0.05) is 25.7 Å². The van der Waals surface area contributed by atoms with Crippen LogP contribution in [0.1, 0.15) is 48.3 Å². The zero-order valence-corrected chi connectivity index (χ0v) is 14.7. The van der Waals surface area contributed by atoms with Crippen LogP contribution in [-0.2, 0) is 6.54 Å². The number of amides is 1. The van der Waals surface area contributed by atoms with Crippen molar-refractivity contribution in [3.63, 3.8) is 0 Å². The Morgan fingerprint density at radius 2 is 1.83 bits per heavy atom. The molecule has 0 aliphatic carbocycles. The number of aromatic nitrogens is 2. The topological polar surface area (TPSA) is 58.1 Å². The van der Waals surface area contributed by atoms with Crippen molar-refractivity contribution in [2.75, 3.05) is 18.4 Å². The Labute approximate surface area is 144 Å². The van der Waals surface area contributed by atoms with Crippen LogP contribution in [0.3, 0.4) is 0 Å². The van der Waals surface area contributed by atoms with Crippen LogP contribution in [0.5, 0.6) is 0 Å². The van der Waals surface area contributed by atoms with Gasteiger partial charge in [-0.1, -0.05) is 38.1 Å². The molecule has 0 saturated carbocycles. The maximum absolute atomic E-state index is 12.6. The Morgan fingerprint density at radius 3 is 2.50 bits per heavy atom. The molecule has 1 heterocycles. The van der Waals surface area contributed by atoms with Crippen LogP contribution in [0.2, 0.25) is 0 Å². The van der Waals surface area contributed by atoms with E-state index in [4.69, 9.17) is 0 Å². The average Bonchev–Trinajstić information content (AvgIpc) is 2.60. The van der Waals surface area contributed by atoms with Gasteiger partial charge in [-0.3, -0.25) is 4.79 Å². The van der Waals surface area contributed by atoms with Crippen molar-refractivity contribution in [1.82, 2.24) is 14.9 Å². The summed E-state index contributed by atoms with van der Waals surface area (Å²) in [6.45, 7) is 8.41. The Bertz CT molecular complexity index is 666. The molecule has 0 radical (unpaired) electrons. The number of anilines is 1. The van der Waals surface area contributed by atoms with Crippen molar-refractivity contribution in [3.05, 3.63) is 53.5 Å². The Hall–Kier alpha value is -2.43. The monoisotopic (exact) mass is 326 g/mol. The molecule has 24 heavy (non-hydrogen) atoms. The molecule has 5 heteroatoms. The van der Waals surface area contributed by atoms with Gasteiger partial charge >= 0.3 is 0 Å². The Kier molecular flexibility index (Phi) is 6.73. The van der Waals surface area contributed by atoms with Gasteiger partial charge in [0.1, 0.15) is 17.8 Å². The highest BCUT2D eigenvalue weighted by molar-refractivity contribution is 5.92. The first-order valence-corrected chi connectivity index (χ1v) is 8.55. The first-order chi connectivity index (χ1) is 11.7. The molecule has 0 unspecified atom stereocenters. The fourth-order valence-corrected chi connectivity index (χ4v) is 2.58. The lowest BCUT2D eigenvalue weighted by Gasteiger charge is -2.21. The van der Waals surface area contributed by atoms with Gasteiger partial charge in [-0.05, 0) is 30.9 Å². The normalized spacial score (nSPS) is 10.5. The summed E-state index contributed by atoms with van der Waals surface area (Å²) in [6.07, 6.45) is 3.33. The molecule has 0 aliphatic heterocycles. The van der Waals surface area contributed by atoms with Gasteiger partial charge in [0.05, 0.1) is 0 Å². The van der Waals surface area contributed by atoms with E-state index in [0.717, 1.165) is 25.9 Å². The highest BCUT2D eigenvalue weighted by Crippen LogP contribution is 2.12. The van der Waals surface area contributed by atoms with Crippen LogP contribution in [0, 0.1) is 6.92 Å². The SMILES string of the molecule is CCCN(CCC)C(=O)c1cc(NCc2ccccc2C)ncn1. The fraction of sp³-hybridized carbons (Fsp3) is 0.421. The van der Waals surface area contributed by atoms with E-state index in [-0.39, 0.29) is 5.91 Å². The second-order valence-corrected chi connectivity index (χ2v) is 5.86. The van der Waals surface area contributed by atoms with E-state index in [0.29, 0.717) is 18.1 Å². The summed E-state index contributed by atoms with van der Waals surface area (Å²) in [4.78, 5) is 22.8. The highest BCUT2D eigenvalue weighted by atomic mass is 16.2. The number of carbonyl (C=O) groups excluding carboxylic acids is 1. The van der Waals surface area contributed by atoms with Gasteiger partial charge in [0.2, 0.25) is 0 Å². The van der Waals surface area contributed by atoms with Gasteiger partial charge in [-0.25, -0.2) is 9.97 Å². The third-order valence-electron chi connectivity index (χ3n) is 3.88. The molecule has 0 atom stereocenters. The largest absolute Gasteiger partial charge is 0.366 e. The Balaban J connectivity index is 2.07. The van der Waals surface area contributed by atoms with Gasteiger partial charge in [0.25, 0.3) is 5.91 Å². The molecule has 0 bridgehead atoms. The highest BCUT2D eigenvalue weighted by Gasteiger charge is 2.16. The minimum absolute atomic E-state index is 0.0277. The van der Waals surface area contributed by atoms with Gasteiger partial charge in [-0.2, -0.15) is 0 Å². The number of rotatable bonds is 8. The summed E-state index contributed by atoms with van der Waals surface area (Å²) < 4.78 is 0. The molecule has 2 aromatic rings. The quantitative estimate of drug-likeness (QED) is 0.804. The molecule has 5 nitrogen and oxygen atoms in total. The summed E-state index contributed by atoms with van der Waals surface area (Å²) in [5.41, 5.74) is 2.88. The van der Waals surface area contributed by atoms with E-state index in [2.05, 4.69) is 48.2 Å². The maximum Gasteiger partial charge on any atom is 0.272 e. The number of nitrogens with zero attached hydrogens (tertiary/aromatic N) is 3. The first-order valence-electron chi connectivity index (χ1n) is 8.55. The van der Waals surface area contributed by atoms with E-state index in [1.807, 2.05) is 17.0 Å². The summed E-state index contributed by atoms with van der Waals surface area (Å²) in [6, 6.07) is 9.95. The van der Waals surface area contributed by atoms with Crippen LogP contribution in [0.15, 0.2) is 36.7 Å². The molecule has 128 valence electrons. The van der Waals surface area contributed by atoms with E-state index in [9.17, 15) is 4.79 Å². The van der Waals surface area contributed by atoms with Crippen molar-refractivity contribution in [1.29, 1.82) is 0 Å². The predicted molar refractivity (Wildman–Crippen MR) is 97.0 cm³/mol. The molecular formula is C19H26N4O. The zero-order chi connectivity index (χ0) is 17.4. The predicted octanol–water partition coefficient (Wildman–Crippen LogP) is 3.66. The van der Waals surface area contributed by atoms with Crippen molar-refractivity contribution in [2.24, 2.45) is 0 Å². The van der Waals surface area contributed by atoms with Crippen molar-refractivity contribution in [2.45, 2.75) is 40.2 Å². The molecule has 1 N–H and O–H groups in total. The minimum Gasteiger partial charge on any atom is -0.366 e. The van der Waals surface area contributed by atoms with Crippen molar-refractivity contribution < 1.29 is 4.79 Å². The second-order valence-electron chi connectivity index (χ2n) is 5.86. The number of hydrogen-bond acceptors (Lipinski definition) is 4. The number of aryl methyl sites for hydroxylation is 1. The number of hydrogen-bond donors (Lipinski definition) is 1. The zero-order valence-electron chi connectivity index (χ0n) is 14.7. The van der Waals surface area contributed by atoms with Gasteiger partial charge in [0.15, 0.2) is 0 Å². The summed E-state index contributed by atoms with van der Waals surface area (Å²) in [5, 5.41) is 3.28. The summed E-state index contributed by atoms with van der Waals surface area (Å²) in [5.74, 6) is 0.643. The first kappa shape index (κ1) is 17.9. The lowest BCUT2D eigenvalue weighted by molar-refractivity contribution is 0.0749. The standard InChI is InChI=1S/C19H26N4O/c1-4-10-23(11-5-2)19(24)17-12-18(22-14-21-17)20-13-16-9-7-6-8-15(16)3/h6-9,12,14H,4-5,10-11,13H2,1-3H3,(H,20,21,22). The molecule has 0 spiro atoms. The number of benzene rings is 1. The average molecular weight is 326 g/mol. The molecule has 1 aromatic heterocycles.